The maximum absolute atomic E-state index is 13.3. The van der Waals surface area contributed by atoms with Crippen molar-refractivity contribution < 1.29 is 27.8 Å². The molecule has 0 aliphatic heterocycles. The molecule has 0 bridgehead atoms. The number of pyridine rings is 1. The van der Waals surface area contributed by atoms with Gasteiger partial charge in [0.15, 0.2) is 0 Å². The molecule has 26 heavy (non-hydrogen) atoms. The van der Waals surface area contributed by atoms with Crippen molar-refractivity contribution in [2.75, 3.05) is 19.0 Å². The topological polar surface area (TPSA) is 101 Å². The van der Waals surface area contributed by atoms with Crippen LogP contribution in [0.15, 0.2) is 30.7 Å². The highest BCUT2D eigenvalue weighted by atomic mass is 19.4. The Bertz CT molecular complexity index is 748. The molecule has 1 atom stereocenters. The Kier molecular flexibility index (Phi) is 5.70. The zero-order chi connectivity index (χ0) is 19.4. The van der Waals surface area contributed by atoms with E-state index in [1.807, 2.05) is 0 Å². The first-order valence-corrected chi connectivity index (χ1v) is 7.49. The molecular weight excluding hydrogens is 355 g/mol. The number of urea groups is 1. The van der Waals surface area contributed by atoms with E-state index < -0.39 is 36.6 Å². The van der Waals surface area contributed by atoms with E-state index in [2.05, 4.69) is 20.6 Å². The van der Waals surface area contributed by atoms with E-state index in [0.717, 1.165) is 10.8 Å². The summed E-state index contributed by atoms with van der Waals surface area (Å²) < 4.78 is 46.0. The van der Waals surface area contributed by atoms with Crippen LogP contribution in [0.25, 0.3) is 0 Å². The molecule has 0 saturated carbocycles. The number of alkyl halides is 3. The number of rotatable bonds is 6. The summed E-state index contributed by atoms with van der Waals surface area (Å²) in [6.07, 6.45) is -1.97. The average Bonchev–Trinajstić information content (AvgIpc) is 3.01. The van der Waals surface area contributed by atoms with Gasteiger partial charge in [-0.1, -0.05) is 0 Å². The predicted molar refractivity (Wildman–Crippen MR) is 85.6 cm³/mol. The molecule has 2 aromatic rings. The number of imidazole rings is 1. The van der Waals surface area contributed by atoms with Gasteiger partial charge >= 0.3 is 12.2 Å². The summed E-state index contributed by atoms with van der Waals surface area (Å²) in [5.41, 5.74) is -2.85. The fourth-order valence-electron chi connectivity index (χ4n) is 2.25. The van der Waals surface area contributed by atoms with Gasteiger partial charge in [0.2, 0.25) is 11.5 Å². The van der Waals surface area contributed by atoms with Crippen LogP contribution in [0, 0.1) is 0 Å². The van der Waals surface area contributed by atoms with Crippen LogP contribution in [0.5, 0.6) is 5.88 Å². The normalized spacial score (nSPS) is 13.8. The van der Waals surface area contributed by atoms with Gasteiger partial charge in [-0.15, -0.1) is 0 Å². The van der Waals surface area contributed by atoms with Gasteiger partial charge in [-0.2, -0.15) is 13.2 Å². The first kappa shape index (κ1) is 19.5. The number of halogens is 3. The minimum atomic E-state index is -4.95. The van der Waals surface area contributed by atoms with Crippen molar-refractivity contribution in [2.45, 2.75) is 18.2 Å². The Labute approximate surface area is 147 Å². The zero-order valence-electron chi connectivity index (χ0n) is 14.0. The third-order valence-electron chi connectivity index (χ3n) is 3.64. The van der Waals surface area contributed by atoms with Crippen LogP contribution in [-0.2, 0) is 12.6 Å². The molecule has 142 valence electrons. The molecule has 0 saturated heterocycles. The number of carbonyl (C=O) groups excluding carboxylic acids is 1. The minimum Gasteiger partial charge on any atom is -0.481 e. The van der Waals surface area contributed by atoms with Gasteiger partial charge in [-0.05, 0) is 6.07 Å². The van der Waals surface area contributed by atoms with Gasteiger partial charge in [0.1, 0.15) is 5.82 Å². The number of aliphatic hydroxyl groups is 1. The lowest BCUT2D eigenvalue weighted by molar-refractivity contribution is -0.272. The van der Waals surface area contributed by atoms with Crippen molar-refractivity contribution in [3.8, 4) is 5.88 Å². The maximum Gasteiger partial charge on any atom is 0.424 e. The fourth-order valence-corrected chi connectivity index (χ4v) is 2.25. The second kappa shape index (κ2) is 7.60. The first-order valence-electron chi connectivity index (χ1n) is 7.49. The van der Waals surface area contributed by atoms with E-state index in [-0.39, 0.29) is 0 Å². The molecule has 0 spiro atoms. The second-order valence-electron chi connectivity index (χ2n) is 5.44. The van der Waals surface area contributed by atoms with Crippen molar-refractivity contribution in [1.29, 1.82) is 0 Å². The van der Waals surface area contributed by atoms with Crippen LogP contribution in [0.1, 0.15) is 12.2 Å². The van der Waals surface area contributed by atoms with Crippen LogP contribution in [0.3, 0.4) is 0 Å². The molecule has 11 heteroatoms. The standard InChI is InChI=1S/C15H18F3N5O3/c1-23-8-7-19-12(23)14(25,15(16,17)18)5-6-20-13(24)22-10-3-4-11(26-2)21-9-10/h3-4,7-9,25H,5-6H2,1-2H3,(H2,20,22,24)/t14-/m1/s1. The third kappa shape index (κ3) is 4.23. The molecule has 2 amide bonds. The largest absolute Gasteiger partial charge is 0.481 e. The summed E-state index contributed by atoms with van der Waals surface area (Å²) in [6.45, 7) is -0.432. The number of methoxy groups -OCH3 is 1. The number of ether oxygens (including phenoxy) is 1. The molecule has 0 unspecified atom stereocenters. The summed E-state index contributed by atoms with van der Waals surface area (Å²) in [5, 5.41) is 14.8. The van der Waals surface area contributed by atoms with Gasteiger partial charge in [-0.3, -0.25) is 0 Å². The van der Waals surface area contributed by atoms with E-state index >= 15 is 0 Å². The molecule has 2 aromatic heterocycles. The Morgan fingerprint density at radius 2 is 2.08 bits per heavy atom. The summed E-state index contributed by atoms with van der Waals surface area (Å²) in [6, 6.07) is 2.30. The lowest BCUT2D eigenvalue weighted by Crippen LogP contribution is -2.47. The van der Waals surface area contributed by atoms with Crippen LogP contribution in [0.2, 0.25) is 0 Å². The smallest absolute Gasteiger partial charge is 0.424 e. The number of aryl methyl sites for hydroxylation is 1. The van der Waals surface area contributed by atoms with Gasteiger partial charge in [0, 0.05) is 38.5 Å². The summed E-state index contributed by atoms with van der Waals surface area (Å²) in [7, 11) is 2.78. The highest BCUT2D eigenvalue weighted by Gasteiger charge is 2.57. The fraction of sp³-hybridized carbons (Fsp3) is 0.400. The Morgan fingerprint density at radius 1 is 1.35 bits per heavy atom. The Balaban J connectivity index is 1.97. The van der Waals surface area contributed by atoms with Crippen molar-refractivity contribution >= 4 is 11.7 Å². The van der Waals surface area contributed by atoms with Crippen molar-refractivity contribution in [1.82, 2.24) is 19.9 Å². The molecule has 0 radical (unpaired) electrons. The van der Waals surface area contributed by atoms with Gasteiger partial charge < -0.3 is 25.0 Å². The molecule has 2 heterocycles. The Hall–Kier alpha value is -2.82. The lowest BCUT2D eigenvalue weighted by atomic mass is 9.97. The van der Waals surface area contributed by atoms with Gasteiger partial charge in [0.25, 0.3) is 0 Å². The van der Waals surface area contributed by atoms with Crippen molar-refractivity contribution in [2.24, 2.45) is 7.05 Å². The number of amides is 2. The maximum atomic E-state index is 13.3. The molecule has 0 aliphatic rings. The van der Waals surface area contributed by atoms with E-state index in [4.69, 9.17) is 4.74 Å². The molecule has 0 fully saturated rings. The van der Waals surface area contributed by atoms with Crippen LogP contribution in [-0.4, -0.2) is 45.5 Å². The monoisotopic (exact) mass is 373 g/mol. The molecule has 0 aromatic carbocycles. The third-order valence-corrected chi connectivity index (χ3v) is 3.64. The van der Waals surface area contributed by atoms with Crippen LogP contribution < -0.4 is 15.4 Å². The SMILES string of the molecule is COc1ccc(NC(=O)NCC[C@@](O)(c2nccn2C)C(F)(F)F)cn1. The predicted octanol–water partition coefficient (Wildman–Crippen LogP) is 1.79. The van der Waals surface area contributed by atoms with Gasteiger partial charge in [0.05, 0.1) is 19.0 Å². The highest BCUT2D eigenvalue weighted by molar-refractivity contribution is 5.88. The second-order valence-corrected chi connectivity index (χ2v) is 5.44. The van der Waals surface area contributed by atoms with Crippen LogP contribution >= 0.6 is 0 Å². The number of aromatic nitrogens is 3. The van der Waals surface area contributed by atoms with Crippen molar-refractivity contribution in [3.05, 3.63) is 36.5 Å². The molecule has 3 N–H and O–H groups in total. The van der Waals surface area contributed by atoms with E-state index in [9.17, 15) is 23.1 Å². The van der Waals surface area contributed by atoms with E-state index in [1.165, 1.54) is 38.7 Å². The number of hydrogen-bond donors (Lipinski definition) is 3. The minimum absolute atomic E-state index is 0.332. The molecule has 0 aliphatic carbocycles. The number of anilines is 1. The van der Waals surface area contributed by atoms with E-state index in [0.29, 0.717) is 11.6 Å². The summed E-state index contributed by atoms with van der Waals surface area (Å²) >= 11 is 0. The summed E-state index contributed by atoms with van der Waals surface area (Å²) in [5.74, 6) is -0.201. The molecule has 8 nitrogen and oxygen atoms in total. The van der Waals surface area contributed by atoms with Crippen molar-refractivity contribution in [3.63, 3.8) is 0 Å². The Morgan fingerprint density at radius 3 is 2.58 bits per heavy atom. The lowest BCUT2D eigenvalue weighted by Gasteiger charge is -2.29. The molecular formula is C15H18F3N5O3. The first-order chi connectivity index (χ1) is 12.2. The van der Waals surface area contributed by atoms with Gasteiger partial charge in [-0.25, -0.2) is 14.8 Å². The number of nitrogens with zero attached hydrogens (tertiary/aromatic N) is 3. The quantitative estimate of drug-likeness (QED) is 0.717. The highest BCUT2D eigenvalue weighted by Crippen LogP contribution is 2.40. The number of hydrogen-bond acceptors (Lipinski definition) is 5. The summed E-state index contributed by atoms with van der Waals surface area (Å²) in [4.78, 5) is 19.3. The molecule has 2 rings (SSSR count). The zero-order valence-corrected chi connectivity index (χ0v) is 14.0. The van der Waals surface area contributed by atoms with Crippen LogP contribution in [0.4, 0.5) is 23.7 Å². The average molecular weight is 373 g/mol. The number of nitrogens with one attached hydrogen (secondary N) is 2. The van der Waals surface area contributed by atoms with E-state index in [1.54, 1.807) is 0 Å². The number of carbonyl (C=O) groups is 1.